The van der Waals surface area contributed by atoms with Crippen LogP contribution in [-0.4, -0.2) is 40.6 Å². The van der Waals surface area contributed by atoms with E-state index in [0.29, 0.717) is 23.3 Å². The van der Waals surface area contributed by atoms with Crippen molar-refractivity contribution in [2.75, 3.05) is 20.1 Å². The molecule has 0 aliphatic rings. The van der Waals surface area contributed by atoms with Gasteiger partial charge in [0, 0.05) is 42.4 Å². The first-order valence-corrected chi connectivity index (χ1v) is 11.1. The summed E-state index contributed by atoms with van der Waals surface area (Å²) in [5.74, 6) is 0.663. The molecule has 2 heterocycles. The van der Waals surface area contributed by atoms with E-state index < -0.39 is 10.0 Å². The van der Waals surface area contributed by atoms with Gasteiger partial charge in [0.05, 0.1) is 0 Å². The Morgan fingerprint density at radius 2 is 2.08 bits per heavy atom. The molecule has 9 heteroatoms. The summed E-state index contributed by atoms with van der Waals surface area (Å²) in [6.07, 6.45) is 0.921. The van der Waals surface area contributed by atoms with Crippen LogP contribution in [0.15, 0.2) is 38.8 Å². The van der Waals surface area contributed by atoms with Crippen molar-refractivity contribution in [1.82, 2.24) is 15.4 Å². The minimum absolute atomic E-state index is 0.229. The molecule has 1 atom stereocenters. The zero-order chi connectivity index (χ0) is 18.3. The van der Waals surface area contributed by atoms with E-state index in [2.05, 4.69) is 46.3 Å². The van der Waals surface area contributed by atoms with Gasteiger partial charge in [-0.25, -0.2) is 13.1 Å². The molecular weight excluding hydrogens is 376 g/mol. The van der Waals surface area contributed by atoms with E-state index in [4.69, 9.17) is 0 Å². The normalized spacial score (nSPS) is 13.6. The molecule has 2 aromatic heterocycles. The molecule has 3 N–H and O–H groups in total. The zero-order valence-electron chi connectivity index (χ0n) is 14.6. The van der Waals surface area contributed by atoms with Crippen LogP contribution >= 0.6 is 22.7 Å². The predicted molar refractivity (Wildman–Crippen MR) is 106 cm³/mol. The van der Waals surface area contributed by atoms with Gasteiger partial charge in [-0.2, -0.15) is 0 Å². The summed E-state index contributed by atoms with van der Waals surface area (Å²) in [5, 5.41) is 8.19. The van der Waals surface area contributed by atoms with Gasteiger partial charge in [0.2, 0.25) is 10.0 Å². The molecule has 0 radical (unpaired) electrons. The monoisotopic (exact) mass is 400 g/mol. The van der Waals surface area contributed by atoms with Gasteiger partial charge in [-0.1, -0.05) is 6.07 Å². The number of sulfonamides is 1. The van der Waals surface area contributed by atoms with Gasteiger partial charge in [-0.15, -0.1) is 22.7 Å². The maximum atomic E-state index is 12.0. The van der Waals surface area contributed by atoms with Crippen LogP contribution in [0.2, 0.25) is 0 Å². The first kappa shape index (κ1) is 19.9. The number of rotatable bonds is 8. The van der Waals surface area contributed by atoms with Gasteiger partial charge >= 0.3 is 0 Å². The molecule has 0 aliphatic carbocycles. The summed E-state index contributed by atoms with van der Waals surface area (Å²) in [7, 11) is -1.71. The Morgan fingerprint density at radius 3 is 2.68 bits per heavy atom. The minimum atomic E-state index is -3.41. The molecule has 2 aromatic rings. The number of thiophene rings is 2. The highest BCUT2D eigenvalue weighted by atomic mass is 32.2. The van der Waals surface area contributed by atoms with Crippen molar-refractivity contribution in [3.63, 3.8) is 0 Å². The van der Waals surface area contributed by atoms with Crippen LogP contribution < -0.4 is 15.4 Å². The fourth-order valence-corrected chi connectivity index (χ4v) is 5.32. The number of nitrogens with one attached hydrogen (secondary N) is 3. The van der Waals surface area contributed by atoms with Crippen molar-refractivity contribution in [3.05, 3.63) is 39.4 Å². The van der Waals surface area contributed by atoms with Gasteiger partial charge in [0.15, 0.2) is 5.96 Å². The van der Waals surface area contributed by atoms with Crippen LogP contribution in [0.4, 0.5) is 0 Å². The van der Waals surface area contributed by atoms with Gasteiger partial charge in [0.1, 0.15) is 4.21 Å². The highest BCUT2D eigenvalue weighted by Crippen LogP contribution is 2.16. The Bertz CT molecular complexity index is 782. The average molecular weight is 401 g/mol. The summed E-state index contributed by atoms with van der Waals surface area (Å²) in [4.78, 5) is 6.82. The Labute approximate surface area is 157 Å². The van der Waals surface area contributed by atoms with E-state index in [-0.39, 0.29) is 6.04 Å². The molecular formula is C16H24N4O2S3. The molecule has 0 spiro atoms. The molecule has 1 unspecified atom stereocenters. The fraction of sp³-hybridized carbons (Fsp3) is 0.438. The SMILES string of the molecule is CN=C(NCCNS(=O)(=O)c1cccs1)NC(C)Cc1ccc(C)s1. The second-order valence-corrected chi connectivity index (χ2v) is 9.90. The van der Waals surface area contributed by atoms with Crippen LogP contribution in [0, 0.1) is 6.92 Å². The molecule has 0 saturated carbocycles. The first-order valence-electron chi connectivity index (χ1n) is 7.96. The Balaban J connectivity index is 1.73. The number of aliphatic imine (C=N–C) groups is 1. The Morgan fingerprint density at radius 1 is 1.28 bits per heavy atom. The highest BCUT2D eigenvalue weighted by Gasteiger charge is 2.14. The lowest BCUT2D eigenvalue weighted by molar-refractivity contribution is 0.581. The Kier molecular flexibility index (Phi) is 7.42. The van der Waals surface area contributed by atoms with E-state index >= 15 is 0 Å². The van der Waals surface area contributed by atoms with E-state index in [1.807, 2.05) is 0 Å². The maximum absolute atomic E-state index is 12.0. The van der Waals surface area contributed by atoms with Crippen molar-refractivity contribution < 1.29 is 8.42 Å². The van der Waals surface area contributed by atoms with Crippen LogP contribution in [0.3, 0.4) is 0 Å². The lowest BCUT2D eigenvalue weighted by atomic mass is 10.2. The van der Waals surface area contributed by atoms with Crippen molar-refractivity contribution in [1.29, 1.82) is 0 Å². The predicted octanol–water partition coefficient (Wildman–Crippen LogP) is 2.19. The lowest BCUT2D eigenvalue weighted by Gasteiger charge is -2.17. The van der Waals surface area contributed by atoms with Gasteiger partial charge in [-0.3, -0.25) is 4.99 Å². The minimum Gasteiger partial charge on any atom is -0.355 e. The van der Waals surface area contributed by atoms with E-state index in [9.17, 15) is 8.42 Å². The van der Waals surface area contributed by atoms with Crippen molar-refractivity contribution in [2.24, 2.45) is 4.99 Å². The molecule has 0 fully saturated rings. The molecule has 25 heavy (non-hydrogen) atoms. The van der Waals surface area contributed by atoms with E-state index in [1.165, 1.54) is 21.1 Å². The van der Waals surface area contributed by atoms with Gasteiger partial charge in [0.25, 0.3) is 0 Å². The molecule has 0 bridgehead atoms. The van der Waals surface area contributed by atoms with Crippen LogP contribution in [0.5, 0.6) is 0 Å². The van der Waals surface area contributed by atoms with Crippen molar-refractivity contribution in [3.8, 4) is 0 Å². The summed E-state index contributed by atoms with van der Waals surface area (Å²) >= 11 is 3.00. The highest BCUT2D eigenvalue weighted by molar-refractivity contribution is 7.91. The third-order valence-corrected chi connectivity index (χ3v) is 7.26. The average Bonchev–Trinajstić information content (AvgIpc) is 3.22. The number of nitrogens with zero attached hydrogens (tertiary/aromatic N) is 1. The zero-order valence-corrected chi connectivity index (χ0v) is 17.0. The van der Waals surface area contributed by atoms with Crippen LogP contribution in [0.25, 0.3) is 0 Å². The fourth-order valence-electron chi connectivity index (χ4n) is 2.23. The Hall–Kier alpha value is -1.42. The van der Waals surface area contributed by atoms with Crippen molar-refractivity contribution >= 4 is 38.7 Å². The van der Waals surface area contributed by atoms with Gasteiger partial charge < -0.3 is 10.6 Å². The number of guanidine groups is 1. The summed E-state index contributed by atoms with van der Waals surface area (Å²) < 4.78 is 26.9. The molecule has 6 nitrogen and oxygen atoms in total. The van der Waals surface area contributed by atoms with E-state index in [1.54, 1.807) is 35.9 Å². The molecule has 0 aromatic carbocycles. The van der Waals surface area contributed by atoms with E-state index in [0.717, 1.165) is 6.42 Å². The van der Waals surface area contributed by atoms with Gasteiger partial charge in [-0.05, 0) is 37.4 Å². The number of hydrogen-bond donors (Lipinski definition) is 3. The van der Waals surface area contributed by atoms with Crippen LogP contribution in [0.1, 0.15) is 16.7 Å². The number of hydrogen-bond acceptors (Lipinski definition) is 5. The quantitative estimate of drug-likeness (QED) is 0.360. The summed E-state index contributed by atoms with van der Waals surface area (Å²) in [6.45, 7) is 4.94. The third-order valence-electron chi connectivity index (χ3n) is 3.38. The standard InChI is InChI=1S/C16H24N4O2S3/c1-12(11-14-7-6-13(2)24-14)20-16(17-3)18-8-9-19-25(21,22)15-5-4-10-23-15/h4-7,10,12,19H,8-9,11H2,1-3H3,(H2,17,18,20). The van der Waals surface area contributed by atoms with Crippen LogP contribution in [-0.2, 0) is 16.4 Å². The molecule has 138 valence electrons. The number of aryl methyl sites for hydroxylation is 1. The summed E-state index contributed by atoms with van der Waals surface area (Å²) in [5.41, 5.74) is 0. The molecule has 0 aliphatic heterocycles. The second kappa shape index (κ2) is 9.33. The summed E-state index contributed by atoms with van der Waals surface area (Å²) in [6, 6.07) is 7.81. The molecule has 2 rings (SSSR count). The molecule has 0 saturated heterocycles. The van der Waals surface area contributed by atoms with Crippen molar-refractivity contribution in [2.45, 2.75) is 30.5 Å². The second-order valence-electron chi connectivity index (χ2n) is 5.59. The third kappa shape index (κ3) is 6.43. The lowest BCUT2D eigenvalue weighted by Crippen LogP contribution is -2.45. The molecule has 0 amide bonds. The smallest absolute Gasteiger partial charge is 0.250 e. The topological polar surface area (TPSA) is 82.6 Å². The maximum Gasteiger partial charge on any atom is 0.250 e. The first-order chi connectivity index (χ1) is 11.9. The largest absolute Gasteiger partial charge is 0.355 e.